The average molecular weight is 305 g/mol. The van der Waals surface area contributed by atoms with Gasteiger partial charge in [-0.05, 0) is 31.5 Å². The molecule has 19 heavy (non-hydrogen) atoms. The highest BCUT2D eigenvalue weighted by molar-refractivity contribution is 7.89. The van der Waals surface area contributed by atoms with E-state index in [1.54, 1.807) is 11.9 Å². The van der Waals surface area contributed by atoms with E-state index < -0.39 is 10.0 Å². The Morgan fingerprint density at radius 3 is 2.53 bits per heavy atom. The van der Waals surface area contributed by atoms with E-state index in [0.29, 0.717) is 0 Å². The maximum atomic E-state index is 12.2. The fraction of sp³-hybridized carbons (Fsp3) is 0.417. The second-order valence-corrected chi connectivity index (χ2v) is 6.30. The highest BCUT2D eigenvalue weighted by Crippen LogP contribution is 2.22. The zero-order valence-electron chi connectivity index (χ0n) is 11.1. The van der Waals surface area contributed by atoms with Gasteiger partial charge in [-0.25, -0.2) is 13.6 Å². The maximum Gasteiger partial charge on any atom is 0.253 e. The minimum absolute atomic E-state index is 0.00485. The van der Waals surface area contributed by atoms with E-state index >= 15 is 0 Å². The lowest BCUT2D eigenvalue weighted by molar-refractivity contribution is 0.0740. The van der Waals surface area contributed by atoms with Crippen molar-refractivity contribution in [2.45, 2.75) is 31.2 Å². The van der Waals surface area contributed by atoms with E-state index in [1.807, 2.05) is 13.8 Å². The number of sulfonamides is 1. The second kappa shape index (κ2) is 5.90. The van der Waals surface area contributed by atoms with Crippen LogP contribution in [0.4, 0.5) is 0 Å². The number of carbonyl (C=O) groups excluding carboxylic acids is 1. The molecular formula is C12H17ClN2O3S. The summed E-state index contributed by atoms with van der Waals surface area (Å²) in [6.07, 6.45) is 0.803. The van der Waals surface area contributed by atoms with Crippen molar-refractivity contribution in [1.29, 1.82) is 0 Å². The number of carbonyl (C=O) groups is 1. The summed E-state index contributed by atoms with van der Waals surface area (Å²) in [6, 6.07) is 4.11. The van der Waals surface area contributed by atoms with E-state index in [1.165, 1.54) is 18.2 Å². The molecule has 0 spiro atoms. The van der Waals surface area contributed by atoms with Crippen LogP contribution < -0.4 is 5.14 Å². The van der Waals surface area contributed by atoms with Crippen LogP contribution in [0.1, 0.15) is 30.6 Å². The Labute approximate surface area is 118 Å². The van der Waals surface area contributed by atoms with Crippen molar-refractivity contribution in [3.8, 4) is 0 Å². The van der Waals surface area contributed by atoms with Gasteiger partial charge in [-0.15, -0.1) is 0 Å². The summed E-state index contributed by atoms with van der Waals surface area (Å²) in [6.45, 7) is 3.88. The number of nitrogens with two attached hydrogens (primary N) is 1. The van der Waals surface area contributed by atoms with E-state index in [-0.39, 0.29) is 27.4 Å². The molecule has 0 fully saturated rings. The SMILES string of the molecule is CCC(C)N(C)C(=O)c1ccc(Cl)c(S(N)(=O)=O)c1. The molecule has 0 heterocycles. The van der Waals surface area contributed by atoms with Crippen LogP contribution in [0.2, 0.25) is 5.02 Å². The first-order chi connectivity index (χ1) is 8.68. The normalized spacial score (nSPS) is 13.1. The van der Waals surface area contributed by atoms with E-state index in [9.17, 15) is 13.2 Å². The summed E-state index contributed by atoms with van der Waals surface area (Å²) in [5.74, 6) is -0.268. The first kappa shape index (κ1) is 15.9. The summed E-state index contributed by atoms with van der Waals surface area (Å²) in [7, 11) is -2.28. The lowest BCUT2D eigenvalue weighted by Gasteiger charge is -2.24. The molecule has 106 valence electrons. The molecule has 1 rings (SSSR count). The molecule has 0 aliphatic rings. The molecule has 0 aliphatic carbocycles. The third-order valence-corrected chi connectivity index (χ3v) is 4.45. The topological polar surface area (TPSA) is 80.5 Å². The van der Waals surface area contributed by atoms with Crippen molar-refractivity contribution in [1.82, 2.24) is 4.90 Å². The second-order valence-electron chi connectivity index (χ2n) is 4.36. The number of halogens is 1. The highest BCUT2D eigenvalue weighted by atomic mass is 35.5. The van der Waals surface area contributed by atoms with Gasteiger partial charge in [-0.1, -0.05) is 18.5 Å². The zero-order chi connectivity index (χ0) is 14.8. The molecule has 2 N–H and O–H groups in total. The Morgan fingerprint density at radius 1 is 1.47 bits per heavy atom. The summed E-state index contributed by atoms with van der Waals surface area (Å²) in [4.78, 5) is 13.5. The number of hydrogen-bond acceptors (Lipinski definition) is 3. The number of rotatable bonds is 4. The van der Waals surface area contributed by atoms with Crippen LogP contribution in [0.25, 0.3) is 0 Å². The van der Waals surface area contributed by atoms with Gasteiger partial charge in [0.15, 0.2) is 0 Å². The van der Waals surface area contributed by atoms with Gasteiger partial charge in [0.05, 0.1) is 5.02 Å². The Kier molecular flexibility index (Phi) is 4.95. The lowest BCUT2D eigenvalue weighted by Crippen LogP contribution is -2.34. The average Bonchev–Trinajstić information content (AvgIpc) is 2.35. The van der Waals surface area contributed by atoms with E-state index in [4.69, 9.17) is 16.7 Å². The van der Waals surface area contributed by atoms with Gasteiger partial charge >= 0.3 is 0 Å². The minimum Gasteiger partial charge on any atom is -0.339 e. The van der Waals surface area contributed by atoms with Crippen LogP contribution in [0.15, 0.2) is 23.1 Å². The van der Waals surface area contributed by atoms with Crippen LogP contribution in [0, 0.1) is 0 Å². The van der Waals surface area contributed by atoms with Crippen LogP contribution >= 0.6 is 11.6 Å². The first-order valence-corrected chi connectivity index (χ1v) is 7.70. The van der Waals surface area contributed by atoms with Gasteiger partial charge in [0.2, 0.25) is 10.0 Å². The molecule has 5 nitrogen and oxygen atoms in total. The van der Waals surface area contributed by atoms with E-state index in [2.05, 4.69) is 0 Å². The molecular weight excluding hydrogens is 288 g/mol. The maximum absolute atomic E-state index is 12.2. The molecule has 1 unspecified atom stereocenters. The molecule has 0 saturated heterocycles. The molecule has 7 heteroatoms. The number of primary sulfonamides is 1. The van der Waals surface area contributed by atoms with Crippen molar-refractivity contribution in [3.63, 3.8) is 0 Å². The van der Waals surface area contributed by atoms with Crippen molar-refractivity contribution >= 4 is 27.5 Å². The molecule has 1 aromatic rings. The minimum atomic E-state index is -3.94. The van der Waals surface area contributed by atoms with Gasteiger partial charge in [-0.2, -0.15) is 0 Å². The molecule has 0 radical (unpaired) electrons. The van der Waals surface area contributed by atoms with Crippen molar-refractivity contribution < 1.29 is 13.2 Å². The van der Waals surface area contributed by atoms with Crippen LogP contribution in [0.3, 0.4) is 0 Å². The molecule has 1 amide bonds. The largest absolute Gasteiger partial charge is 0.339 e. The van der Waals surface area contributed by atoms with Crippen LogP contribution in [-0.4, -0.2) is 32.3 Å². The predicted octanol–water partition coefficient (Wildman–Crippen LogP) is 1.86. The van der Waals surface area contributed by atoms with Crippen molar-refractivity contribution in [2.75, 3.05) is 7.05 Å². The monoisotopic (exact) mass is 304 g/mol. The van der Waals surface area contributed by atoms with Gasteiger partial charge in [0.25, 0.3) is 5.91 Å². The number of nitrogens with zero attached hydrogens (tertiary/aromatic N) is 1. The number of benzene rings is 1. The summed E-state index contributed by atoms with van der Waals surface area (Å²) in [5.41, 5.74) is 0.247. The highest BCUT2D eigenvalue weighted by Gasteiger charge is 2.20. The number of amides is 1. The van der Waals surface area contributed by atoms with Gasteiger partial charge in [0.1, 0.15) is 4.90 Å². The van der Waals surface area contributed by atoms with Gasteiger partial charge in [-0.3, -0.25) is 4.79 Å². The Bertz CT molecular complexity index is 587. The smallest absolute Gasteiger partial charge is 0.253 e. The fourth-order valence-electron chi connectivity index (χ4n) is 1.53. The summed E-state index contributed by atoms with van der Waals surface area (Å²) in [5, 5.41) is 5.06. The predicted molar refractivity (Wildman–Crippen MR) is 74.7 cm³/mol. The number of hydrogen-bond donors (Lipinski definition) is 1. The van der Waals surface area contributed by atoms with Gasteiger partial charge in [0, 0.05) is 18.7 Å². The third-order valence-electron chi connectivity index (χ3n) is 3.06. The van der Waals surface area contributed by atoms with Gasteiger partial charge < -0.3 is 4.90 Å². The third kappa shape index (κ3) is 3.68. The molecule has 0 aromatic heterocycles. The first-order valence-electron chi connectivity index (χ1n) is 5.78. The van der Waals surface area contributed by atoms with Crippen LogP contribution in [-0.2, 0) is 10.0 Å². The summed E-state index contributed by atoms with van der Waals surface area (Å²) < 4.78 is 22.7. The molecule has 0 bridgehead atoms. The van der Waals surface area contributed by atoms with Crippen molar-refractivity contribution in [3.05, 3.63) is 28.8 Å². The fourth-order valence-corrected chi connectivity index (χ4v) is 2.60. The Morgan fingerprint density at radius 2 is 2.05 bits per heavy atom. The molecule has 1 atom stereocenters. The Hall–Kier alpha value is -1.11. The standard InChI is InChI=1S/C12H17ClN2O3S/c1-4-8(2)15(3)12(16)9-5-6-10(13)11(7-9)19(14,17)18/h5-8H,4H2,1-3H3,(H2,14,17,18). The van der Waals surface area contributed by atoms with Crippen LogP contribution in [0.5, 0.6) is 0 Å². The summed E-state index contributed by atoms with van der Waals surface area (Å²) >= 11 is 5.77. The molecule has 0 saturated carbocycles. The quantitative estimate of drug-likeness (QED) is 0.922. The zero-order valence-corrected chi connectivity index (χ0v) is 12.6. The Balaban J connectivity index is 3.20. The van der Waals surface area contributed by atoms with E-state index in [0.717, 1.165) is 6.42 Å². The molecule has 0 aliphatic heterocycles. The lowest BCUT2D eigenvalue weighted by atomic mass is 10.1. The molecule has 1 aromatic carbocycles. The van der Waals surface area contributed by atoms with Crippen molar-refractivity contribution in [2.24, 2.45) is 5.14 Å².